The van der Waals surface area contributed by atoms with Gasteiger partial charge in [0.15, 0.2) is 17.3 Å². The molecular weight excluding hydrogens is 462 g/mol. The number of rotatable bonds is 7. The molecule has 0 bridgehead atoms. The van der Waals surface area contributed by atoms with Gasteiger partial charge in [0.25, 0.3) is 0 Å². The second kappa shape index (κ2) is 10.7. The van der Waals surface area contributed by atoms with E-state index in [-0.39, 0.29) is 28.9 Å². The molecule has 8 heteroatoms. The summed E-state index contributed by atoms with van der Waals surface area (Å²) in [6.45, 7) is 2.03. The fourth-order valence-electron chi connectivity index (χ4n) is 4.52. The van der Waals surface area contributed by atoms with Gasteiger partial charge in [-0.3, -0.25) is 9.59 Å². The van der Waals surface area contributed by atoms with Gasteiger partial charge < -0.3 is 20.5 Å². The number of benzene rings is 2. The first kappa shape index (κ1) is 24.4. The molecule has 2 aliphatic rings. The van der Waals surface area contributed by atoms with Gasteiger partial charge in [0, 0.05) is 23.4 Å². The molecule has 4 rings (SSSR count). The highest BCUT2D eigenvalue weighted by Gasteiger charge is 2.37. The summed E-state index contributed by atoms with van der Waals surface area (Å²) < 4.78 is 5.27. The molecule has 2 aromatic rings. The molecule has 0 saturated heterocycles. The molecule has 0 unspecified atom stereocenters. The number of allylic oxidation sites excluding steroid dienone is 3. The molecule has 0 aromatic heterocycles. The number of carbonyl (C=O) groups is 2. The average Bonchev–Trinajstić information content (AvgIpc) is 2.87. The molecule has 35 heavy (non-hydrogen) atoms. The third-order valence-electron chi connectivity index (χ3n) is 6.22. The van der Waals surface area contributed by atoms with E-state index in [0.717, 1.165) is 29.8 Å². The van der Waals surface area contributed by atoms with Gasteiger partial charge in [0.2, 0.25) is 5.91 Å². The SMILES string of the molecule is CCc1ccccc1NC(=O)CSC1=C(C#N)[C@@H](c2ccc(O)c(OC)c2)C2=C(CCCC2=O)N1. The second-order valence-corrected chi connectivity index (χ2v) is 9.35. The van der Waals surface area contributed by atoms with Crippen molar-refractivity contribution in [3.8, 4) is 17.6 Å². The van der Waals surface area contributed by atoms with E-state index in [9.17, 15) is 20.0 Å². The maximum atomic E-state index is 13.0. The zero-order chi connectivity index (χ0) is 24.9. The summed E-state index contributed by atoms with van der Waals surface area (Å²) in [5.74, 6) is -0.410. The van der Waals surface area contributed by atoms with Crippen LogP contribution in [0.1, 0.15) is 43.2 Å². The molecule has 7 nitrogen and oxygen atoms in total. The highest BCUT2D eigenvalue weighted by molar-refractivity contribution is 8.03. The van der Waals surface area contributed by atoms with E-state index >= 15 is 0 Å². The van der Waals surface area contributed by atoms with Gasteiger partial charge in [-0.2, -0.15) is 5.26 Å². The third-order valence-corrected chi connectivity index (χ3v) is 7.24. The van der Waals surface area contributed by atoms with Crippen molar-refractivity contribution in [1.29, 1.82) is 5.26 Å². The van der Waals surface area contributed by atoms with Crippen LogP contribution in [0, 0.1) is 11.3 Å². The predicted octanol–water partition coefficient (Wildman–Crippen LogP) is 4.76. The molecule has 0 saturated carbocycles. The Morgan fingerprint density at radius 3 is 2.83 bits per heavy atom. The van der Waals surface area contributed by atoms with Crippen molar-refractivity contribution < 1.29 is 19.4 Å². The Labute approximate surface area is 208 Å². The van der Waals surface area contributed by atoms with E-state index in [1.807, 2.05) is 31.2 Å². The number of hydrogen-bond donors (Lipinski definition) is 3. The standard InChI is InChI=1S/C27H27N3O4S/c1-3-16-7-4-5-8-19(16)29-24(33)15-35-27-18(14-28)25(17-11-12-21(31)23(13-17)34-2)26-20(30-27)9-6-10-22(26)32/h4-5,7-8,11-13,25,30-31H,3,6,9-10,15H2,1-2H3,(H,29,33)/t25-/m1/s1. The molecule has 1 atom stereocenters. The molecule has 0 spiro atoms. The molecular formula is C27H27N3O4S. The number of phenols is 1. The molecule has 1 aliphatic heterocycles. The Bertz CT molecular complexity index is 1280. The largest absolute Gasteiger partial charge is 0.504 e. The molecule has 1 heterocycles. The first-order valence-corrected chi connectivity index (χ1v) is 12.5. The lowest BCUT2D eigenvalue weighted by Gasteiger charge is -2.33. The van der Waals surface area contributed by atoms with Crippen molar-refractivity contribution in [1.82, 2.24) is 5.32 Å². The van der Waals surface area contributed by atoms with Gasteiger partial charge >= 0.3 is 0 Å². The number of dihydropyridines is 1. The molecule has 3 N–H and O–H groups in total. The molecule has 2 aromatic carbocycles. The number of methoxy groups -OCH3 is 1. The van der Waals surface area contributed by atoms with Crippen LogP contribution >= 0.6 is 11.8 Å². The number of anilines is 1. The van der Waals surface area contributed by atoms with Crippen molar-refractivity contribution in [2.75, 3.05) is 18.2 Å². The van der Waals surface area contributed by atoms with E-state index in [1.54, 1.807) is 12.1 Å². The summed E-state index contributed by atoms with van der Waals surface area (Å²) in [7, 11) is 1.45. The number of para-hydroxylation sites is 1. The highest BCUT2D eigenvalue weighted by atomic mass is 32.2. The van der Waals surface area contributed by atoms with Gasteiger partial charge in [-0.25, -0.2) is 0 Å². The van der Waals surface area contributed by atoms with Crippen molar-refractivity contribution in [3.05, 3.63) is 75.5 Å². The third kappa shape index (κ3) is 5.05. The van der Waals surface area contributed by atoms with Crippen LogP contribution in [-0.2, 0) is 16.0 Å². The highest BCUT2D eigenvalue weighted by Crippen LogP contribution is 2.45. The maximum absolute atomic E-state index is 13.0. The smallest absolute Gasteiger partial charge is 0.234 e. The van der Waals surface area contributed by atoms with Crippen LogP contribution in [0.3, 0.4) is 0 Å². The van der Waals surface area contributed by atoms with E-state index < -0.39 is 5.92 Å². The Kier molecular flexibility index (Phi) is 7.47. The summed E-state index contributed by atoms with van der Waals surface area (Å²) in [5, 5.41) is 27.0. The number of nitrogens with one attached hydrogen (secondary N) is 2. The molecule has 0 fully saturated rings. The first-order chi connectivity index (χ1) is 17.0. The van der Waals surface area contributed by atoms with Crippen LogP contribution in [-0.4, -0.2) is 29.7 Å². The van der Waals surface area contributed by atoms with E-state index in [1.165, 1.54) is 24.9 Å². The van der Waals surface area contributed by atoms with Crippen molar-refractivity contribution in [3.63, 3.8) is 0 Å². The van der Waals surface area contributed by atoms with E-state index in [0.29, 0.717) is 34.6 Å². The van der Waals surface area contributed by atoms with Gasteiger partial charge in [-0.1, -0.05) is 43.0 Å². The summed E-state index contributed by atoms with van der Waals surface area (Å²) >= 11 is 1.25. The summed E-state index contributed by atoms with van der Waals surface area (Å²) in [5.41, 5.74) is 4.25. The van der Waals surface area contributed by atoms with Crippen LogP contribution in [0.2, 0.25) is 0 Å². The number of hydrogen-bond acceptors (Lipinski definition) is 7. The summed E-state index contributed by atoms with van der Waals surface area (Å²) in [6, 6.07) is 14.8. The van der Waals surface area contributed by atoms with Crippen LogP contribution in [0.4, 0.5) is 5.69 Å². The Balaban J connectivity index is 1.64. The van der Waals surface area contributed by atoms with Gasteiger partial charge in [-0.05, 0) is 48.6 Å². The van der Waals surface area contributed by atoms with Gasteiger partial charge in [-0.15, -0.1) is 0 Å². The van der Waals surface area contributed by atoms with Crippen LogP contribution in [0.5, 0.6) is 11.5 Å². The number of nitrogens with zero attached hydrogens (tertiary/aromatic N) is 1. The van der Waals surface area contributed by atoms with Crippen LogP contribution < -0.4 is 15.4 Å². The minimum atomic E-state index is -0.593. The number of amides is 1. The van der Waals surface area contributed by atoms with Gasteiger partial charge in [0.1, 0.15) is 0 Å². The van der Waals surface area contributed by atoms with Gasteiger partial charge in [0.05, 0.1) is 35.5 Å². The number of aryl methyl sites for hydroxylation is 1. The Hall–Kier alpha value is -3.70. The fraction of sp³-hybridized carbons (Fsp3) is 0.296. The number of aromatic hydroxyl groups is 1. The topological polar surface area (TPSA) is 111 Å². The second-order valence-electron chi connectivity index (χ2n) is 8.36. The average molecular weight is 490 g/mol. The maximum Gasteiger partial charge on any atom is 0.234 e. The van der Waals surface area contributed by atoms with Crippen molar-refractivity contribution >= 4 is 29.1 Å². The lowest BCUT2D eigenvalue weighted by Crippen LogP contribution is -2.31. The molecule has 0 radical (unpaired) electrons. The van der Waals surface area contributed by atoms with E-state index in [4.69, 9.17) is 4.74 Å². The Morgan fingerprint density at radius 2 is 2.09 bits per heavy atom. The van der Waals surface area contributed by atoms with Crippen LogP contribution in [0.25, 0.3) is 0 Å². The number of ketones is 1. The summed E-state index contributed by atoms with van der Waals surface area (Å²) in [4.78, 5) is 25.7. The zero-order valence-corrected chi connectivity index (χ0v) is 20.5. The predicted molar refractivity (Wildman–Crippen MR) is 136 cm³/mol. The minimum Gasteiger partial charge on any atom is -0.504 e. The number of ether oxygens (including phenoxy) is 1. The van der Waals surface area contributed by atoms with Crippen LogP contribution in [0.15, 0.2) is 64.3 Å². The lowest BCUT2D eigenvalue weighted by molar-refractivity contribution is -0.116. The normalized spacial score (nSPS) is 17.4. The number of nitriles is 1. The van der Waals surface area contributed by atoms with E-state index in [2.05, 4.69) is 16.7 Å². The van der Waals surface area contributed by atoms with Crippen molar-refractivity contribution in [2.45, 2.75) is 38.5 Å². The fourth-order valence-corrected chi connectivity index (χ4v) is 5.38. The number of carbonyl (C=O) groups excluding carboxylic acids is 2. The quantitative estimate of drug-likeness (QED) is 0.514. The monoisotopic (exact) mass is 489 g/mol. The molecule has 1 amide bonds. The Morgan fingerprint density at radius 1 is 1.29 bits per heavy atom. The first-order valence-electron chi connectivity index (χ1n) is 11.5. The number of phenolic OH excluding ortho intramolecular Hbond substituents is 1. The lowest BCUT2D eigenvalue weighted by atomic mass is 9.77. The zero-order valence-electron chi connectivity index (χ0n) is 19.7. The molecule has 180 valence electrons. The van der Waals surface area contributed by atoms with Crippen molar-refractivity contribution in [2.24, 2.45) is 0 Å². The molecule has 1 aliphatic carbocycles. The number of Topliss-reactive ketones (excluding diaryl/α,β-unsaturated/α-hetero) is 1. The number of thioether (sulfide) groups is 1. The summed E-state index contributed by atoms with van der Waals surface area (Å²) in [6.07, 6.45) is 2.64. The minimum absolute atomic E-state index is 0.00140.